The second kappa shape index (κ2) is 9.81. The van der Waals surface area contributed by atoms with Crippen molar-refractivity contribution >= 4 is 48.8 Å². The molecule has 1 atom stereocenters. The molecular weight excluding hydrogens is 500 g/mol. The number of esters is 1. The number of carbonyl (C=O) groups is 1. The van der Waals surface area contributed by atoms with Gasteiger partial charge in [-0.05, 0) is 41.5 Å². The molecule has 190 valence electrons. The molecule has 38 heavy (non-hydrogen) atoms. The lowest BCUT2D eigenvalue weighted by atomic mass is 10.1. The Morgan fingerprint density at radius 2 is 1.55 bits per heavy atom. The van der Waals surface area contributed by atoms with Crippen molar-refractivity contribution < 1.29 is 22.4 Å². The third-order valence-corrected chi connectivity index (χ3v) is 8.03. The van der Waals surface area contributed by atoms with Crippen molar-refractivity contribution in [3.63, 3.8) is 0 Å². The Kier molecular flexibility index (Phi) is 6.19. The second-order valence-electron chi connectivity index (χ2n) is 9.09. The monoisotopic (exact) mass is 524 g/mol. The summed E-state index contributed by atoms with van der Waals surface area (Å²) < 4.78 is 41.1. The van der Waals surface area contributed by atoms with E-state index < -0.39 is 22.0 Å². The molecule has 2 N–H and O–H groups in total. The second-order valence-corrected chi connectivity index (χ2v) is 10.8. The van der Waals surface area contributed by atoms with Gasteiger partial charge < -0.3 is 14.1 Å². The van der Waals surface area contributed by atoms with Crippen LogP contribution < -0.4 is 4.72 Å². The average molecular weight is 525 g/mol. The van der Waals surface area contributed by atoms with Gasteiger partial charge >= 0.3 is 5.97 Å². The molecule has 0 bridgehead atoms. The van der Waals surface area contributed by atoms with Crippen LogP contribution in [0.15, 0.2) is 113 Å². The molecule has 0 radical (unpaired) electrons. The van der Waals surface area contributed by atoms with E-state index in [4.69, 9.17) is 9.15 Å². The number of hydrogen-bond acceptors (Lipinski definition) is 5. The van der Waals surface area contributed by atoms with Crippen LogP contribution in [0.25, 0.3) is 32.8 Å². The average Bonchev–Trinajstić information content (AvgIpc) is 3.52. The molecule has 0 aliphatic heterocycles. The lowest BCUT2D eigenvalue weighted by Gasteiger charge is -2.18. The fourth-order valence-electron chi connectivity index (χ4n) is 4.65. The van der Waals surface area contributed by atoms with E-state index in [1.54, 1.807) is 18.3 Å². The molecule has 0 amide bonds. The minimum atomic E-state index is -4.08. The van der Waals surface area contributed by atoms with Gasteiger partial charge in [0.05, 0.1) is 4.90 Å². The van der Waals surface area contributed by atoms with Gasteiger partial charge in [-0.25, -0.2) is 8.42 Å². The highest BCUT2D eigenvalue weighted by Gasteiger charge is 2.29. The maximum atomic E-state index is 13.6. The molecule has 2 aromatic heterocycles. The number of benzene rings is 4. The van der Waals surface area contributed by atoms with Gasteiger partial charge in [-0.1, -0.05) is 66.7 Å². The van der Waals surface area contributed by atoms with E-state index in [0.717, 1.165) is 27.4 Å². The number of sulfonamides is 1. The number of hydrogen-bond donors (Lipinski definition) is 2. The van der Waals surface area contributed by atoms with Crippen LogP contribution in [-0.4, -0.2) is 25.4 Å². The van der Waals surface area contributed by atoms with E-state index in [1.165, 1.54) is 6.07 Å². The summed E-state index contributed by atoms with van der Waals surface area (Å²) in [7, 11) is -4.08. The highest BCUT2D eigenvalue weighted by atomic mass is 32.2. The number of rotatable bonds is 8. The van der Waals surface area contributed by atoms with Crippen molar-refractivity contribution in [3.8, 4) is 0 Å². The van der Waals surface area contributed by atoms with Gasteiger partial charge in [0.1, 0.15) is 23.8 Å². The summed E-state index contributed by atoms with van der Waals surface area (Å²) in [5.41, 5.74) is 3.78. The lowest BCUT2D eigenvalue weighted by Crippen LogP contribution is -2.43. The van der Waals surface area contributed by atoms with Gasteiger partial charge in [-0.3, -0.25) is 4.79 Å². The standard InChI is InChI=1S/C30H24N2O5S/c33-30(36-19-20-8-2-1-3-9-20)27(16-21-18-31-26-12-6-4-10-23(21)26)32-38(34,35)22-14-15-29-25(17-22)24-11-5-7-13-28(24)37-29/h1-15,17-18,27,31-32H,16,19H2/t27-/m1/s1. The van der Waals surface area contributed by atoms with E-state index in [2.05, 4.69) is 9.71 Å². The van der Waals surface area contributed by atoms with Crippen molar-refractivity contribution in [2.24, 2.45) is 0 Å². The molecule has 6 aromatic rings. The molecule has 0 fully saturated rings. The smallest absolute Gasteiger partial charge is 0.324 e. The van der Waals surface area contributed by atoms with E-state index in [-0.39, 0.29) is 17.9 Å². The number of furan rings is 1. The van der Waals surface area contributed by atoms with E-state index in [9.17, 15) is 13.2 Å². The number of carbonyl (C=O) groups excluding carboxylic acids is 1. The molecule has 0 spiro atoms. The largest absolute Gasteiger partial charge is 0.460 e. The third-order valence-electron chi connectivity index (χ3n) is 6.56. The molecule has 0 saturated heterocycles. The number of H-pyrrole nitrogens is 1. The van der Waals surface area contributed by atoms with Gasteiger partial charge in [0, 0.05) is 34.3 Å². The third kappa shape index (κ3) is 4.67. The Hall–Kier alpha value is -4.40. The van der Waals surface area contributed by atoms with Crippen LogP contribution >= 0.6 is 0 Å². The van der Waals surface area contributed by atoms with Crippen molar-refractivity contribution in [3.05, 3.63) is 114 Å². The van der Waals surface area contributed by atoms with Gasteiger partial charge in [0.2, 0.25) is 10.0 Å². The minimum absolute atomic E-state index is 0.0383. The fraction of sp³-hybridized carbons (Fsp3) is 0.100. The summed E-state index contributed by atoms with van der Waals surface area (Å²) in [6.45, 7) is 0.0404. The van der Waals surface area contributed by atoms with Gasteiger partial charge in [-0.2, -0.15) is 4.72 Å². The topological polar surface area (TPSA) is 101 Å². The molecule has 2 heterocycles. The van der Waals surface area contributed by atoms with Crippen LogP contribution in [-0.2, 0) is 32.6 Å². The maximum Gasteiger partial charge on any atom is 0.324 e. The lowest BCUT2D eigenvalue weighted by molar-refractivity contribution is -0.147. The number of para-hydroxylation sites is 2. The minimum Gasteiger partial charge on any atom is -0.460 e. The summed E-state index contributed by atoms with van der Waals surface area (Å²) in [6, 6.07) is 27.9. The van der Waals surface area contributed by atoms with Crippen LogP contribution in [0.1, 0.15) is 11.1 Å². The van der Waals surface area contributed by atoms with Gasteiger partial charge in [0.15, 0.2) is 0 Å². The number of nitrogens with one attached hydrogen (secondary N) is 2. The quantitative estimate of drug-likeness (QED) is 0.249. The van der Waals surface area contributed by atoms with Crippen LogP contribution in [0.5, 0.6) is 0 Å². The van der Waals surface area contributed by atoms with Crippen LogP contribution in [0, 0.1) is 0 Å². The van der Waals surface area contributed by atoms with E-state index in [1.807, 2.05) is 78.9 Å². The highest BCUT2D eigenvalue weighted by molar-refractivity contribution is 7.89. The first-order valence-electron chi connectivity index (χ1n) is 12.2. The summed E-state index contributed by atoms with van der Waals surface area (Å²) in [6.07, 6.45) is 1.91. The zero-order valence-corrected chi connectivity index (χ0v) is 21.1. The Labute approximate surface area is 219 Å². The number of aromatic nitrogens is 1. The summed E-state index contributed by atoms with van der Waals surface area (Å²) in [5, 5.41) is 2.42. The van der Waals surface area contributed by atoms with Crippen molar-refractivity contribution in [1.82, 2.24) is 9.71 Å². The van der Waals surface area contributed by atoms with Crippen molar-refractivity contribution in [2.75, 3.05) is 0 Å². The molecular formula is C30H24N2O5S. The first-order chi connectivity index (χ1) is 18.5. The van der Waals surface area contributed by atoms with Crippen molar-refractivity contribution in [1.29, 1.82) is 0 Å². The summed E-state index contributed by atoms with van der Waals surface area (Å²) in [4.78, 5) is 16.5. The maximum absolute atomic E-state index is 13.6. The molecule has 0 unspecified atom stereocenters. The molecule has 0 aliphatic carbocycles. The van der Waals surface area contributed by atoms with E-state index >= 15 is 0 Å². The van der Waals surface area contributed by atoms with Gasteiger partial charge in [-0.15, -0.1) is 0 Å². The molecule has 8 heteroatoms. The Morgan fingerprint density at radius 1 is 0.842 bits per heavy atom. The number of fused-ring (bicyclic) bond motifs is 4. The fourth-order valence-corrected chi connectivity index (χ4v) is 5.86. The van der Waals surface area contributed by atoms with Crippen LogP contribution in [0.2, 0.25) is 0 Å². The normalized spacial score (nSPS) is 12.7. The predicted molar refractivity (Wildman–Crippen MR) is 146 cm³/mol. The SMILES string of the molecule is O=C(OCc1ccccc1)[C@@H](Cc1c[nH]c2ccccc12)NS(=O)(=O)c1ccc2oc3ccccc3c2c1. The zero-order chi connectivity index (χ0) is 26.1. The Balaban J connectivity index is 1.32. The van der Waals surface area contributed by atoms with Gasteiger partial charge in [0.25, 0.3) is 0 Å². The molecule has 7 nitrogen and oxygen atoms in total. The van der Waals surface area contributed by atoms with Crippen LogP contribution in [0.4, 0.5) is 0 Å². The molecule has 6 rings (SSSR count). The summed E-state index contributed by atoms with van der Waals surface area (Å²) in [5.74, 6) is -0.655. The molecule has 4 aromatic carbocycles. The molecule has 0 aliphatic rings. The van der Waals surface area contributed by atoms with E-state index in [0.29, 0.717) is 16.6 Å². The highest BCUT2D eigenvalue weighted by Crippen LogP contribution is 2.30. The zero-order valence-electron chi connectivity index (χ0n) is 20.3. The Bertz CT molecular complexity index is 1870. The first-order valence-corrected chi connectivity index (χ1v) is 13.7. The Morgan fingerprint density at radius 3 is 2.39 bits per heavy atom. The number of aromatic amines is 1. The molecule has 0 saturated carbocycles. The summed E-state index contributed by atoms with van der Waals surface area (Å²) >= 11 is 0. The number of ether oxygens (including phenoxy) is 1. The van der Waals surface area contributed by atoms with Crippen LogP contribution in [0.3, 0.4) is 0 Å². The first kappa shape index (κ1) is 24.0. The predicted octanol–water partition coefficient (Wildman–Crippen LogP) is 5.70. The van der Waals surface area contributed by atoms with Crippen molar-refractivity contribution in [2.45, 2.75) is 24.0 Å².